The third-order valence-corrected chi connectivity index (χ3v) is 15.1. The summed E-state index contributed by atoms with van der Waals surface area (Å²) in [6, 6.07) is -0.984. The molecule has 0 aromatic heterocycles. The van der Waals surface area contributed by atoms with E-state index in [-0.39, 0.29) is 18.9 Å². The molecule has 482 valence electrons. The van der Waals surface area contributed by atoms with E-state index in [2.05, 4.69) is 104 Å². The van der Waals surface area contributed by atoms with Crippen molar-refractivity contribution in [2.45, 2.75) is 279 Å². The van der Waals surface area contributed by atoms with Crippen molar-refractivity contribution in [2.75, 3.05) is 26.4 Å². The summed E-state index contributed by atoms with van der Waals surface area (Å²) in [5.74, 6) is -0.294. The highest BCUT2D eigenvalue weighted by atomic mass is 16.8. The van der Waals surface area contributed by atoms with Gasteiger partial charge in [-0.1, -0.05) is 188 Å². The number of aliphatic hydroxyl groups is 11. The quantitative estimate of drug-likeness (QED) is 0.0228. The monoisotopic (exact) mass is 1190 g/mol. The third-order valence-electron chi connectivity index (χ3n) is 15.1. The topological polar surface area (TPSA) is 307 Å². The predicted octanol–water partition coefficient (Wildman–Crippen LogP) is 6.54. The first kappa shape index (κ1) is 75.0. The Bertz CT molecular complexity index is 1910. The number of carbonyl (C=O) groups is 1. The number of hydrogen-bond acceptors (Lipinski definition) is 18. The van der Waals surface area contributed by atoms with Crippen LogP contribution >= 0.6 is 0 Å². The van der Waals surface area contributed by atoms with Gasteiger partial charge >= 0.3 is 0 Å². The SMILES string of the molecule is CC/C=C\C/C=C\C/C=C\C/C=C\C/C=C\C/C=C\C/C=C\CCCCCCCCCC(=O)NC(COC1OC(CO)C(OC2OC(CO)C(OC3OC(CO)C(O)C(O)C3O)C(O)C2O)C(O)C1O)C(O)/C=C/CCCCCCCCCC. The predicted molar refractivity (Wildman–Crippen MR) is 323 cm³/mol. The molecule has 3 fully saturated rings. The Morgan fingerprint density at radius 3 is 1.29 bits per heavy atom. The van der Waals surface area contributed by atoms with Crippen molar-refractivity contribution in [1.82, 2.24) is 5.32 Å². The van der Waals surface area contributed by atoms with Crippen LogP contribution in [0.4, 0.5) is 0 Å². The maximum Gasteiger partial charge on any atom is 0.220 e. The van der Waals surface area contributed by atoms with Crippen molar-refractivity contribution < 1.29 is 89.4 Å². The molecule has 3 rings (SSSR count). The van der Waals surface area contributed by atoms with E-state index in [1.165, 1.54) is 32.1 Å². The molecule has 0 radical (unpaired) electrons. The molecule has 19 nitrogen and oxygen atoms in total. The molecule has 3 aliphatic heterocycles. The molecule has 84 heavy (non-hydrogen) atoms. The lowest BCUT2D eigenvalue weighted by molar-refractivity contribution is -0.379. The molecule has 12 N–H and O–H groups in total. The number of aliphatic hydroxyl groups excluding tert-OH is 11. The van der Waals surface area contributed by atoms with E-state index in [9.17, 15) is 61.0 Å². The number of rotatable bonds is 45. The summed E-state index contributed by atoms with van der Waals surface area (Å²) in [7, 11) is 0. The lowest BCUT2D eigenvalue weighted by atomic mass is 9.96. The molecule has 0 saturated carbocycles. The van der Waals surface area contributed by atoms with E-state index in [0.717, 1.165) is 116 Å². The highest BCUT2D eigenvalue weighted by Gasteiger charge is 2.53. The summed E-state index contributed by atoms with van der Waals surface area (Å²) in [5, 5.41) is 120. The highest BCUT2D eigenvalue weighted by Crippen LogP contribution is 2.33. The number of allylic oxidation sites excluding steroid dienone is 15. The van der Waals surface area contributed by atoms with Gasteiger partial charge in [0.2, 0.25) is 5.91 Å². The van der Waals surface area contributed by atoms with Gasteiger partial charge in [-0.2, -0.15) is 0 Å². The second-order valence-corrected chi connectivity index (χ2v) is 22.1. The van der Waals surface area contributed by atoms with Gasteiger partial charge in [-0.25, -0.2) is 0 Å². The largest absolute Gasteiger partial charge is 0.394 e. The number of unbranched alkanes of at least 4 members (excludes halogenated alkanes) is 15. The van der Waals surface area contributed by atoms with Gasteiger partial charge < -0.3 is 89.9 Å². The van der Waals surface area contributed by atoms with Crippen LogP contribution in [-0.4, -0.2) is 193 Å². The number of hydrogen-bond donors (Lipinski definition) is 12. The second-order valence-electron chi connectivity index (χ2n) is 22.1. The van der Waals surface area contributed by atoms with Crippen molar-refractivity contribution in [3.05, 3.63) is 97.2 Å². The molecule has 19 heteroatoms. The van der Waals surface area contributed by atoms with Gasteiger partial charge in [0.1, 0.15) is 73.2 Å². The van der Waals surface area contributed by atoms with Gasteiger partial charge in [-0.05, 0) is 77.0 Å². The Morgan fingerprint density at radius 1 is 0.440 bits per heavy atom. The molecular formula is C65H109NO18. The second kappa shape index (κ2) is 46.8. The summed E-state index contributed by atoms with van der Waals surface area (Å²) in [5.41, 5.74) is 0. The summed E-state index contributed by atoms with van der Waals surface area (Å²) < 4.78 is 34.2. The van der Waals surface area contributed by atoms with Gasteiger partial charge in [0.25, 0.3) is 0 Å². The van der Waals surface area contributed by atoms with Crippen molar-refractivity contribution in [2.24, 2.45) is 0 Å². The van der Waals surface area contributed by atoms with Crippen LogP contribution in [0.3, 0.4) is 0 Å². The minimum atomic E-state index is -1.98. The Balaban J connectivity index is 1.42. The van der Waals surface area contributed by atoms with Crippen molar-refractivity contribution in [3.63, 3.8) is 0 Å². The summed E-state index contributed by atoms with van der Waals surface area (Å²) >= 11 is 0. The molecule has 3 saturated heterocycles. The van der Waals surface area contributed by atoms with Crippen LogP contribution in [0, 0.1) is 0 Å². The number of nitrogens with one attached hydrogen (secondary N) is 1. The smallest absolute Gasteiger partial charge is 0.220 e. The first-order valence-electron chi connectivity index (χ1n) is 31.5. The van der Waals surface area contributed by atoms with E-state index >= 15 is 0 Å². The molecule has 3 heterocycles. The van der Waals surface area contributed by atoms with Crippen molar-refractivity contribution in [3.8, 4) is 0 Å². The molecule has 0 aromatic rings. The van der Waals surface area contributed by atoms with Crippen LogP contribution in [-0.2, 0) is 33.2 Å². The van der Waals surface area contributed by atoms with Gasteiger partial charge in [-0.3, -0.25) is 4.79 Å². The molecule has 0 aromatic carbocycles. The fourth-order valence-corrected chi connectivity index (χ4v) is 9.99. The van der Waals surface area contributed by atoms with Crippen molar-refractivity contribution >= 4 is 5.91 Å². The molecule has 0 spiro atoms. The average molecular weight is 1190 g/mol. The molecule has 3 aliphatic rings. The van der Waals surface area contributed by atoms with Crippen LogP contribution in [0.25, 0.3) is 0 Å². The zero-order valence-electron chi connectivity index (χ0n) is 50.3. The van der Waals surface area contributed by atoms with E-state index in [1.54, 1.807) is 6.08 Å². The average Bonchev–Trinajstić information content (AvgIpc) is 2.80. The zero-order chi connectivity index (χ0) is 61.2. The number of ether oxygens (including phenoxy) is 6. The maximum absolute atomic E-state index is 13.3. The van der Waals surface area contributed by atoms with E-state index < -0.39 is 124 Å². The van der Waals surface area contributed by atoms with E-state index in [1.807, 2.05) is 6.08 Å². The summed E-state index contributed by atoms with van der Waals surface area (Å²) in [4.78, 5) is 13.3. The molecule has 17 atom stereocenters. The minimum absolute atomic E-state index is 0.223. The fraction of sp³-hybridized carbons (Fsp3) is 0.738. The van der Waals surface area contributed by atoms with Crippen molar-refractivity contribution in [1.29, 1.82) is 0 Å². The normalized spacial score (nSPS) is 29.8. The summed E-state index contributed by atoms with van der Waals surface area (Å²) in [6.07, 6.45) is 32.6. The number of amides is 1. The van der Waals surface area contributed by atoms with Gasteiger partial charge in [0.15, 0.2) is 18.9 Å². The van der Waals surface area contributed by atoms with Gasteiger partial charge in [0, 0.05) is 6.42 Å². The standard InChI is InChI=1S/C65H109NO18/c1-3-5-7-9-11-13-15-16-17-18-19-20-21-22-23-24-25-26-27-28-29-30-31-32-33-35-37-39-41-43-53(71)66-48(49(70)42-40-38-36-34-14-12-10-8-6-4-2)47-79-63-59(77)56(74)61(51(45-68)81-63)84-65-60(78)57(75)62(52(46-69)82-65)83-64-58(76)55(73)54(72)50(44-67)80-64/h5,7,11,13,16-17,19-20,22-23,25-26,28-29,40,42,48-52,54-65,67-70,72-78H,3-4,6,8-10,12,14-15,18,21,24,27,30-39,41,43-47H2,1-2H3,(H,66,71)/b7-5-,13-11-,17-16-,20-19-,23-22-,26-25-,29-28-,42-40+. The Labute approximate surface area is 501 Å². The lowest BCUT2D eigenvalue weighted by Gasteiger charge is -2.48. The molecule has 17 unspecified atom stereocenters. The van der Waals surface area contributed by atoms with E-state index in [4.69, 9.17) is 28.4 Å². The molecule has 1 amide bonds. The Kier molecular flexibility index (Phi) is 41.8. The molecular weight excluding hydrogens is 1080 g/mol. The fourth-order valence-electron chi connectivity index (χ4n) is 9.99. The van der Waals surface area contributed by atoms with E-state index in [0.29, 0.717) is 6.42 Å². The third kappa shape index (κ3) is 29.6. The lowest BCUT2D eigenvalue weighted by Crippen LogP contribution is -2.66. The maximum atomic E-state index is 13.3. The zero-order valence-corrected chi connectivity index (χ0v) is 50.3. The molecule has 0 aliphatic carbocycles. The first-order chi connectivity index (χ1) is 40.8. The first-order valence-corrected chi connectivity index (χ1v) is 31.5. The van der Waals surface area contributed by atoms with Gasteiger partial charge in [-0.15, -0.1) is 0 Å². The van der Waals surface area contributed by atoms with Crippen LogP contribution in [0.1, 0.15) is 174 Å². The highest BCUT2D eigenvalue weighted by molar-refractivity contribution is 5.76. The van der Waals surface area contributed by atoms with Crippen LogP contribution < -0.4 is 5.32 Å². The Hall–Kier alpha value is -3.29. The molecule has 0 bridgehead atoms. The Morgan fingerprint density at radius 2 is 0.821 bits per heavy atom. The minimum Gasteiger partial charge on any atom is -0.394 e. The van der Waals surface area contributed by atoms with Crippen LogP contribution in [0.2, 0.25) is 0 Å². The number of carbonyl (C=O) groups excluding carboxylic acids is 1. The summed E-state index contributed by atoms with van der Waals surface area (Å²) in [6.45, 7) is 1.54. The van der Waals surface area contributed by atoms with Gasteiger partial charge in [0.05, 0.1) is 38.6 Å². The van der Waals surface area contributed by atoms with Crippen LogP contribution in [0.15, 0.2) is 97.2 Å². The van der Waals surface area contributed by atoms with Crippen LogP contribution in [0.5, 0.6) is 0 Å².